The smallest absolute Gasteiger partial charge is 0.287 e. The highest BCUT2D eigenvalue weighted by Gasteiger charge is 2.33. The predicted octanol–water partition coefficient (Wildman–Crippen LogP) is -0.0678. The van der Waals surface area contributed by atoms with Crippen LogP contribution in [0.15, 0.2) is 29.2 Å². The summed E-state index contributed by atoms with van der Waals surface area (Å²) in [6.07, 6.45) is 1.02. The van der Waals surface area contributed by atoms with Gasteiger partial charge in [-0.15, -0.1) is 0 Å². The number of aliphatic hydroxyl groups is 2. The summed E-state index contributed by atoms with van der Waals surface area (Å²) in [5.41, 5.74) is -0.398. The van der Waals surface area contributed by atoms with Gasteiger partial charge in [0.25, 0.3) is 5.91 Å². The van der Waals surface area contributed by atoms with E-state index >= 15 is 0 Å². The fraction of sp³-hybridized carbons (Fsp3) is 0.591. The van der Waals surface area contributed by atoms with Gasteiger partial charge in [-0.05, 0) is 30.5 Å². The molecule has 1 fully saturated rings. The van der Waals surface area contributed by atoms with E-state index in [2.05, 4.69) is 10.6 Å². The van der Waals surface area contributed by atoms with Crippen LogP contribution in [0.5, 0.6) is 0 Å². The molecule has 1 aliphatic rings. The van der Waals surface area contributed by atoms with Gasteiger partial charge in [0.05, 0.1) is 11.5 Å². The third kappa shape index (κ3) is 7.32. The lowest BCUT2D eigenvalue weighted by molar-refractivity contribution is -0.139. The first-order valence-electron chi connectivity index (χ1n) is 11.0. The molecule has 2 amide bonds. The van der Waals surface area contributed by atoms with Crippen molar-refractivity contribution in [3.63, 3.8) is 0 Å². The van der Waals surface area contributed by atoms with Crippen molar-refractivity contribution in [3.05, 3.63) is 29.8 Å². The van der Waals surface area contributed by atoms with Gasteiger partial charge in [-0.2, -0.15) is 4.31 Å². The number of nitrogens with one attached hydrogen (secondary N) is 2. The van der Waals surface area contributed by atoms with Gasteiger partial charge in [0, 0.05) is 38.0 Å². The lowest BCUT2D eigenvalue weighted by Gasteiger charge is -2.27. The van der Waals surface area contributed by atoms with Crippen LogP contribution >= 0.6 is 0 Å². The van der Waals surface area contributed by atoms with Crippen molar-refractivity contribution < 1.29 is 33.0 Å². The average molecular weight is 484 g/mol. The first-order valence-corrected chi connectivity index (χ1v) is 12.4. The number of piperidine rings is 1. The number of Topliss-reactive ketones (excluding diaryl/α,β-unsaturated/α-hetero) is 1. The highest BCUT2D eigenvalue weighted by Crippen LogP contribution is 2.21. The van der Waals surface area contributed by atoms with Crippen LogP contribution in [-0.2, 0) is 31.0 Å². The fourth-order valence-electron chi connectivity index (χ4n) is 3.27. The van der Waals surface area contributed by atoms with Gasteiger partial charge in [0.15, 0.2) is 0 Å². The van der Waals surface area contributed by atoms with Crippen LogP contribution in [0.3, 0.4) is 0 Å². The normalized spacial score (nSPS) is 16.1. The van der Waals surface area contributed by atoms with Crippen molar-refractivity contribution in [1.29, 1.82) is 0 Å². The zero-order chi connectivity index (χ0) is 24.6. The first-order chi connectivity index (χ1) is 15.5. The number of hydrogen-bond donors (Lipinski definition) is 4. The largest absolute Gasteiger partial charge is 0.396 e. The Hall–Kier alpha value is -2.34. The topological polar surface area (TPSA) is 153 Å². The van der Waals surface area contributed by atoms with Crippen LogP contribution in [0.4, 0.5) is 0 Å². The van der Waals surface area contributed by atoms with Gasteiger partial charge in [-0.1, -0.05) is 32.4 Å². The molecule has 10 nitrogen and oxygen atoms in total. The molecule has 184 valence electrons. The van der Waals surface area contributed by atoms with Gasteiger partial charge < -0.3 is 20.8 Å². The molecule has 1 aliphatic heterocycles. The number of amides is 2. The Balaban J connectivity index is 1.79. The van der Waals surface area contributed by atoms with Crippen LogP contribution in [0.25, 0.3) is 0 Å². The number of aliphatic hydroxyl groups excluding tert-OH is 2. The van der Waals surface area contributed by atoms with Crippen molar-refractivity contribution in [2.24, 2.45) is 5.41 Å². The van der Waals surface area contributed by atoms with Gasteiger partial charge in [0.2, 0.25) is 21.7 Å². The molecule has 1 saturated heterocycles. The molecule has 1 aromatic rings. The van der Waals surface area contributed by atoms with Gasteiger partial charge in [0.1, 0.15) is 6.10 Å². The first kappa shape index (κ1) is 26.9. The Kier molecular flexibility index (Phi) is 9.53. The number of nitrogens with zero attached hydrogens (tertiary/aromatic N) is 1. The van der Waals surface area contributed by atoms with E-state index in [0.717, 1.165) is 19.3 Å². The summed E-state index contributed by atoms with van der Waals surface area (Å²) in [5, 5.41) is 23.9. The summed E-state index contributed by atoms with van der Waals surface area (Å²) < 4.78 is 26.8. The van der Waals surface area contributed by atoms with E-state index in [1.54, 1.807) is 12.1 Å². The number of sulfonamides is 1. The van der Waals surface area contributed by atoms with Crippen molar-refractivity contribution in [2.45, 2.75) is 57.1 Å². The molecule has 33 heavy (non-hydrogen) atoms. The number of ketones is 1. The highest BCUT2D eigenvalue weighted by molar-refractivity contribution is 7.89. The summed E-state index contributed by atoms with van der Waals surface area (Å²) in [5.74, 6) is -2.30. The summed E-state index contributed by atoms with van der Waals surface area (Å²) in [6, 6.07) is 6.15. The van der Waals surface area contributed by atoms with Gasteiger partial charge in [-0.3, -0.25) is 14.4 Å². The molecular weight excluding hydrogens is 450 g/mol. The van der Waals surface area contributed by atoms with E-state index in [-0.39, 0.29) is 24.4 Å². The minimum Gasteiger partial charge on any atom is -0.396 e. The fourth-order valence-corrected chi connectivity index (χ4v) is 4.78. The molecule has 0 radical (unpaired) electrons. The highest BCUT2D eigenvalue weighted by atomic mass is 32.2. The Morgan fingerprint density at radius 3 is 2.24 bits per heavy atom. The molecule has 0 saturated carbocycles. The number of benzene rings is 1. The standard InChI is InChI=1S/C22H33N3O7S/c1-22(2,15-26)19(28)21(30)23-11-10-18(27)20(29)24-14-16-6-8-17(9-7-16)33(31,32)25-12-4-3-5-13-25/h6-9,19,26,28H,3-5,10-15H2,1-2H3,(H,23,30)(H,24,29)/t19-/m0/s1. The second-order valence-corrected chi connectivity index (χ2v) is 10.7. The third-order valence-corrected chi connectivity index (χ3v) is 7.54. The quantitative estimate of drug-likeness (QED) is 0.321. The minimum absolute atomic E-state index is 0.0460. The molecule has 0 aromatic heterocycles. The molecule has 1 aromatic carbocycles. The molecule has 11 heteroatoms. The second kappa shape index (κ2) is 11.7. The van der Waals surface area contributed by atoms with Gasteiger partial charge in [-0.25, -0.2) is 8.42 Å². The Labute approximate surface area is 194 Å². The number of carbonyl (C=O) groups is 3. The Morgan fingerprint density at radius 1 is 1.06 bits per heavy atom. The van der Waals surface area contributed by atoms with Crippen LogP contribution in [0, 0.1) is 5.41 Å². The number of rotatable bonds is 11. The molecule has 1 heterocycles. The summed E-state index contributed by atoms with van der Waals surface area (Å²) in [6.45, 7) is 3.59. The van der Waals surface area contributed by atoms with Crippen molar-refractivity contribution in [1.82, 2.24) is 14.9 Å². The SMILES string of the molecule is CC(C)(CO)[C@@H](O)C(=O)NCCC(=O)C(=O)NCc1ccc(S(=O)(=O)N2CCCCC2)cc1. The lowest BCUT2D eigenvalue weighted by Crippen LogP contribution is -2.46. The van der Waals surface area contributed by atoms with Gasteiger partial charge >= 0.3 is 0 Å². The summed E-state index contributed by atoms with van der Waals surface area (Å²) >= 11 is 0. The van der Waals surface area contributed by atoms with E-state index in [9.17, 15) is 33.0 Å². The molecule has 4 N–H and O–H groups in total. The van der Waals surface area contributed by atoms with E-state index in [1.165, 1.54) is 30.3 Å². The van der Waals surface area contributed by atoms with Crippen molar-refractivity contribution in [2.75, 3.05) is 26.2 Å². The van der Waals surface area contributed by atoms with E-state index in [1.807, 2.05) is 0 Å². The molecule has 2 rings (SSSR count). The molecule has 1 atom stereocenters. The third-order valence-electron chi connectivity index (χ3n) is 5.63. The zero-order valence-electron chi connectivity index (χ0n) is 19.0. The molecular formula is C22H33N3O7S. The maximum absolute atomic E-state index is 12.7. The molecule has 0 bridgehead atoms. The molecule has 0 spiro atoms. The summed E-state index contributed by atoms with van der Waals surface area (Å²) in [4.78, 5) is 36.1. The zero-order valence-corrected chi connectivity index (χ0v) is 19.9. The Bertz CT molecular complexity index is 939. The van der Waals surface area contributed by atoms with Crippen LogP contribution in [-0.4, -0.2) is 72.9 Å². The van der Waals surface area contributed by atoms with Crippen LogP contribution < -0.4 is 10.6 Å². The van der Waals surface area contributed by atoms with E-state index in [4.69, 9.17) is 0 Å². The minimum atomic E-state index is -3.53. The maximum atomic E-state index is 12.7. The molecule has 0 aliphatic carbocycles. The number of hydrogen-bond acceptors (Lipinski definition) is 7. The van der Waals surface area contributed by atoms with Crippen LogP contribution in [0.2, 0.25) is 0 Å². The van der Waals surface area contributed by atoms with E-state index < -0.39 is 45.7 Å². The molecule has 0 unspecified atom stereocenters. The van der Waals surface area contributed by atoms with Crippen LogP contribution in [0.1, 0.15) is 45.1 Å². The van der Waals surface area contributed by atoms with Crippen molar-refractivity contribution in [3.8, 4) is 0 Å². The monoisotopic (exact) mass is 483 g/mol. The lowest BCUT2D eigenvalue weighted by atomic mass is 9.87. The average Bonchev–Trinajstić information content (AvgIpc) is 2.82. The predicted molar refractivity (Wildman–Crippen MR) is 120 cm³/mol. The van der Waals surface area contributed by atoms with E-state index in [0.29, 0.717) is 18.7 Å². The second-order valence-electron chi connectivity index (χ2n) is 8.80. The summed E-state index contributed by atoms with van der Waals surface area (Å²) in [7, 11) is -3.53. The van der Waals surface area contributed by atoms with Crippen molar-refractivity contribution >= 4 is 27.6 Å². The Morgan fingerprint density at radius 2 is 1.67 bits per heavy atom. The number of carbonyl (C=O) groups excluding carboxylic acids is 3. The maximum Gasteiger partial charge on any atom is 0.287 e.